The van der Waals surface area contributed by atoms with Crippen LogP contribution in [-0.2, 0) is 6.42 Å². The molecule has 2 nitrogen and oxygen atoms in total. The van der Waals surface area contributed by atoms with Gasteiger partial charge < -0.3 is 5.32 Å². The van der Waals surface area contributed by atoms with E-state index in [9.17, 15) is 0 Å². The number of rotatable bonds is 5. The fourth-order valence-corrected chi connectivity index (χ4v) is 2.08. The first-order valence-corrected chi connectivity index (χ1v) is 6.66. The Labute approximate surface area is 103 Å². The van der Waals surface area contributed by atoms with Gasteiger partial charge in [0.1, 0.15) is 0 Å². The van der Waals surface area contributed by atoms with Gasteiger partial charge in [0.05, 0.1) is 5.01 Å². The lowest BCUT2D eigenvalue weighted by Crippen LogP contribution is -2.36. The number of hydrogen-bond donors (Lipinski definition) is 1. The molecule has 0 saturated carbocycles. The summed E-state index contributed by atoms with van der Waals surface area (Å²) in [5.41, 5.74) is 1.35. The van der Waals surface area contributed by atoms with Crippen LogP contribution in [0.15, 0.2) is 17.5 Å². The van der Waals surface area contributed by atoms with Crippen molar-refractivity contribution in [1.82, 2.24) is 10.3 Å². The summed E-state index contributed by atoms with van der Waals surface area (Å²) in [7, 11) is 0. The van der Waals surface area contributed by atoms with E-state index in [0.717, 1.165) is 25.1 Å². The summed E-state index contributed by atoms with van der Waals surface area (Å²) >= 11 is 1.74. The molecule has 0 aromatic carbocycles. The van der Waals surface area contributed by atoms with E-state index >= 15 is 0 Å². The molecule has 1 aromatic rings. The minimum atomic E-state index is 0.222. The Bertz CT molecular complexity index is 334. The molecule has 0 aliphatic heterocycles. The monoisotopic (exact) mass is 238 g/mol. The van der Waals surface area contributed by atoms with Gasteiger partial charge in [-0.25, -0.2) is 4.98 Å². The maximum atomic E-state index is 4.42. The Morgan fingerprint density at radius 1 is 1.38 bits per heavy atom. The average Bonchev–Trinajstić information content (AvgIpc) is 2.56. The van der Waals surface area contributed by atoms with Gasteiger partial charge in [-0.15, -0.1) is 11.3 Å². The molecule has 1 aromatic heterocycles. The highest BCUT2D eigenvalue weighted by molar-refractivity contribution is 7.09. The van der Waals surface area contributed by atoms with Gasteiger partial charge in [0, 0.05) is 23.0 Å². The van der Waals surface area contributed by atoms with Crippen LogP contribution in [0.5, 0.6) is 0 Å². The quantitative estimate of drug-likeness (QED) is 0.629. The molecule has 0 unspecified atom stereocenters. The molecule has 0 fully saturated rings. The fourth-order valence-electron chi connectivity index (χ4n) is 1.33. The number of aromatic nitrogens is 1. The van der Waals surface area contributed by atoms with E-state index in [1.165, 1.54) is 5.01 Å². The normalized spacial score (nSPS) is 12.5. The SMILES string of the molecule is Cc1csc(CC=CCCNC(C)(C)C)n1. The summed E-state index contributed by atoms with van der Waals surface area (Å²) in [6, 6.07) is 0. The Balaban J connectivity index is 2.14. The molecule has 0 radical (unpaired) electrons. The van der Waals surface area contributed by atoms with Crippen molar-refractivity contribution < 1.29 is 0 Å². The number of allylic oxidation sites excluding steroid dienone is 1. The van der Waals surface area contributed by atoms with Gasteiger partial charge in [-0.3, -0.25) is 0 Å². The zero-order chi connectivity index (χ0) is 12.0. The van der Waals surface area contributed by atoms with E-state index in [2.05, 4.69) is 48.6 Å². The first-order valence-electron chi connectivity index (χ1n) is 5.78. The second kappa shape index (κ2) is 6.16. The highest BCUT2D eigenvalue weighted by Gasteiger charge is 2.06. The predicted molar refractivity (Wildman–Crippen MR) is 72.1 cm³/mol. The van der Waals surface area contributed by atoms with Gasteiger partial charge in [-0.1, -0.05) is 12.2 Å². The van der Waals surface area contributed by atoms with Crippen LogP contribution < -0.4 is 5.32 Å². The number of nitrogens with one attached hydrogen (secondary N) is 1. The van der Waals surface area contributed by atoms with E-state index in [1.54, 1.807) is 11.3 Å². The molecule has 1 heterocycles. The zero-order valence-corrected chi connectivity index (χ0v) is 11.5. The van der Waals surface area contributed by atoms with Crippen molar-refractivity contribution >= 4 is 11.3 Å². The molecule has 0 bridgehead atoms. The van der Waals surface area contributed by atoms with Gasteiger partial charge >= 0.3 is 0 Å². The van der Waals surface area contributed by atoms with Gasteiger partial charge in [-0.05, 0) is 40.7 Å². The predicted octanol–water partition coefficient (Wildman–Crippen LogP) is 3.33. The minimum absolute atomic E-state index is 0.222. The highest BCUT2D eigenvalue weighted by Crippen LogP contribution is 2.09. The third-order valence-corrected chi connectivity index (χ3v) is 3.08. The molecular weight excluding hydrogens is 216 g/mol. The molecule has 3 heteroatoms. The van der Waals surface area contributed by atoms with E-state index in [1.807, 2.05) is 6.92 Å². The van der Waals surface area contributed by atoms with E-state index in [0.29, 0.717) is 0 Å². The van der Waals surface area contributed by atoms with Crippen LogP contribution in [0.25, 0.3) is 0 Å². The van der Waals surface area contributed by atoms with E-state index < -0.39 is 0 Å². The fraction of sp³-hybridized carbons (Fsp3) is 0.615. The standard InChI is InChI=1S/C13H22N2S/c1-11-10-16-12(15-11)8-6-5-7-9-14-13(2,3)4/h5-6,10,14H,7-9H2,1-4H3. The first kappa shape index (κ1) is 13.4. The summed E-state index contributed by atoms with van der Waals surface area (Å²) in [5.74, 6) is 0. The molecule has 0 aliphatic rings. The van der Waals surface area contributed by atoms with Crippen molar-refractivity contribution in [3.63, 3.8) is 0 Å². The van der Waals surface area contributed by atoms with Crippen molar-refractivity contribution in [3.8, 4) is 0 Å². The molecule has 0 spiro atoms. The van der Waals surface area contributed by atoms with Crippen LogP contribution in [0.1, 0.15) is 37.9 Å². The third kappa shape index (κ3) is 6.03. The summed E-state index contributed by atoms with van der Waals surface area (Å²) in [6.45, 7) is 9.65. The molecule has 90 valence electrons. The molecule has 1 N–H and O–H groups in total. The van der Waals surface area contributed by atoms with Crippen LogP contribution in [0.4, 0.5) is 0 Å². The summed E-state index contributed by atoms with van der Waals surface area (Å²) < 4.78 is 0. The maximum Gasteiger partial charge on any atom is 0.0965 e. The first-order chi connectivity index (χ1) is 7.47. The summed E-state index contributed by atoms with van der Waals surface area (Å²) in [4.78, 5) is 4.42. The average molecular weight is 238 g/mol. The van der Waals surface area contributed by atoms with E-state index in [4.69, 9.17) is 0 Å². The number of aryl methyl sites for hydroxylation is 1. The Hall–Kier alpha value is -0.670. The van der Waals surface area contributed by atoms with Gasteiger partial charge in [-0.2, -0.15) is 0 Å². The summed E-state index contributed by atoms with van der Waals surface area (Å²) in [5, 5.41) is 6.77. The maximum absolute atomic E-state index is 4.42. The van der Waals surface area contributed by atoms with Crippen molar-refractivity contribution in [2.45, 2.75) is 46.1 Å². The van der Waals surface area contributed by atoms with Gasteiger partial charge in [0.2, 0.25) is 0 Å². The molecule has 16 heavy (non-hydrogen) atoms. The smallest absolute Gasteiger partial charge is 0.0965 e. The number of hydrogen-bond acceptors (Lipinski definition) is 3. The second-order valence-corrected chi connectivity index (χ2v) is 5.97. The van der Waals surface area contributed by atoms with Crippen molar-refractivity contribution in [2.24, 2.45) is 0 Å². The van der Waals surface area contributed by atoms with Crippen LogP contribution in [0.2, 0.25) is 0 Å². The largest absolute Gasteiger partial charge is 0.312 e. The zero-order valence-electron chi connectivity index (χ0n) is 10.7. The van der Waals surface area contributed by atoms with E-state index in [-0.39, 0.29) is 5.54 Å². The lowest BCUT2D eigenvalue weighted by Gasteiger charge is -2.19. The van der Waals surface area contributed by atoms with Crippen molar-refractivity contribution in [1.29, 1.82) is 0 Å². The van der Waals surface area contributed by atoms with Crippen LogP contribution in [0, 0.1) is 6.92 Å². The lowest BCUT2D eigenvalue weighted by molar-refractivity contribution is 0.431. The third-order valence-electron chi connectivity index (χ3n) is 2.09. The topological polar surface area (TPSA) is 24.9 Å². The molecule has 1 rings (SSSR count). The number of thiazole rings is 1. The Morgan fingerprint density at radius 3 is 2.69 bits per heavy atom. The molecule has 0 aliphatic carbocycles. The highest BCUT2D eigenvalue weighted by atomic mass is 32.1. The van der Waals surface area contributed by atoms with Gasteiger partial charge in [0.15, 0.2) is 0 Å². The molecule has 0 saturated heterocycles. The van der Waals surface area contributed by atoms with Gasteiger partial charge in [0.25, 0.3) is 0 Å². The molecule has 0 atom stereocenters. The minimum Gasteiger partial charge on any atom is -0.312 e. The number of nitrogens with zero attached hydrogens (tertiary/aromatic N) is 1. The summed E-state index contributed by atoms with van der Waals surface area (Å²) in [6.07, 6.45) is 6.49. The Morgan fingerprint density at radius 2 is 2.12 bits per heavy atom. The second-order valence-electron chi connectivity index (χ2n) is 5.02. The van der Waals surface area contributed by atoms with Crippen LogP contribution in [0.3, 0.4) is 0 Å². The van der Waals surface area contributed by atoms with Crippen molar-refractivity contribution in [3.05, 3.63) is 28.2 Å². The van der Waals surface area contributed by atoms with Crippen LogP contribution in [-0.4, -0.2) is 17.1 Å². The lowest BCUT2D eigenvalue weighted by atomic mass is 10.1. The van der Waals surface area contributed by atoms with Crippen LogP contribution >= 0.6 is 11.3 Å². The molecule has 0 amide bonds. The van der Waals surface area contributed by atoms with Crippen molar-refractivity contribution in [2.75, 3.05) is 6.54 Å². The molecular formula is C13H22N2S. The Kier molecular flexibility index (Phi) is 5.16.